The lowest BCUT2D eigenvalue weighted by molar-refractivity contribution is -0.136. The number of ether oxygens (including phenoxy) is 3. The van der Waals surface area contributed by atoms with Crippen LogP contribution in [0.25, 0.3) is 0 Å². The predicted octanol–water partition coefficient (Wildman–Crippen LogP) is 3.65. The summed E-state index contributed by atoms with van der Waals surface area (Å²) in [4.78, 5) is 27.6. The van der Waals surface area contributed by atoms with Crippen molar-refractivity contribution in [3.8, 4) is 11.5 Å². The maximum atomic E-state index is 13.3. The van der Waals surface area contributed by atoms with E-state index in [2.05, 4.69) is 0 Å². The molecule has 2 aromatic carbocycles. The molecule has 0 aliphatic carbocycles. The van der Waals surface area contributed by atoms with Gasteiger partial charge in [-0.3, -0.25) is 9.69 Å². The molecule has 0 unspecified atom stereocenters. The van der Waals surface area contributed by atoms with Crippen molar-refractivity contribution in [3.63, 3.8) is 0 Å². The number of amides is 1. The highest BCUT2D eigenvalue weighted by molar-refractivity contribution is 6.06. The first kappa shape index (κ1) is 19.1. The second kappa shape index (κ2) is 7.28. The smallest absolute Gasteiger partial charge is 0.336 e. The molecule has 2 heterocycles. The van der Waals surface area contributed by atoms with Crippen LogP contribution in [0.3, 0.4) is 0 Å². The number of carbonyl (C=O) groups excluding carboxylic acids is 2. The largest absolute Gasteiger partial charge is 0.497 e. The van der Waals surface area contributed by atoms with Crippen molar-refractivity contribution in [1.82, 2.24) is 0 Å². The fraction of sp³-hybridized carbons (Fsp3) is 0.304. The fourth-order valence-electron chi connectivity index (χ4n) is 4.21. The lowest BCUT2D eigenvalue weighted by Crippen LogP contribution is -2.37. The monoisotopic (exact) mass is 393 g/mol. The van der Waals surface area contributed by atoms with Gasteiger partial charge in [0.1, 0.15) is 18.1 Å². The van der Waals surface area contributed by atoms with Crippen LogP contribution in [-0.2, 0) is 14.3 Å². The van der Waals surface area contributed by atoms with Gasteiger partial charge in [0, 0.05) is 23.6 Å². The highest BCUT2D eigenvalue weighted by Crippen LogP contribution is 2.45. The summed E-state index contributed by atoms with van der Waals surface area (Å²) in [5, 5.41) is 0. The Morgan fingerprint density at radius 1 is 1.00 bits per heavy atom. The van der Waals surface area contributed by atoms with Crippen molar-refractivity contribution in [1.29, 1.82) is 0 Å². The molecule has 2 aromatic rings. The molecule has 0 spiro atoms. The summed E-state index contributed by atoms with van der Waals surface area (Å²) in [7, 11) is 3.15. The Labute approximate surface area is 169 Å². The molecular weight excluding hydrogens is 370 g/mol. The summed E-state index contributed by atoms with van der Waals surface area (Å²) in [5.74, 6) is 0.326. The maximum Gasteiger partial charge on any atom is 0.336 e. The van der Waals surface area contributed by atoms with Crippen LogP contribution >= 0.6 is 0 Å². The van der Waals surface area contributed by atoms with Gasteiger partial charge in [0.2, 0.25) is 5.91 Å². The Morgan fingerprint density at radius 3 is 2.38 bits per heavy atom. The number of benzene rings is 2. The minimum atomic E-state index is -0.445. The van der Waals surface area contributed by atoms with Gasteiger partial charge in [-0.05, 0) is 55.3 Å². The number of anilines is 1. The third kappa shape index (κ3) is 3.24. The number of carbonyl (C=O) groups is 2. The lowest BCUT2D eigenvalue weighted by Gasteiger charge is -2.32. The molecule has 0 saturated heterocycles. The van der Waals surface area contributed by atoms with Gasteiger partial charge in [-0.1, -0.05) is 6.07 Å². The fourth-order valence-corrected chi connectivity index (χ4v) is 4.21. The summed E-state index contributed by atoms with van der Waals surface area (Å²) < 4.78 is 16.2. The normalized spacial score (nSPS) is 18.6. The zero-order valence-electron chi connectivity index (χ0n) is 16.9. The molecule has 0 fully saturated rings. The molecule has 1 atom stereocenters. The summed E-state index contributed by atoms with van der Waals surface area (Å²) in [6, 6.07) is 11.3. The topological polar surface area (TPSA) is 65.1 Å². The van der Waals surface area contributed by atoms with E-state index >= 15 is 0 Å². The number of hydrogen-bond acceptors (Lipinski definition) is 5. The molecule has 0 N–H and O–H groups in total. The second-order valence-corrected chi connectivity index (χ2v) is 7.38. The molecule has 2 aliphatic heterocycles. The van der Waals surface area contributed by atoms with Crippen molar-refractivity contribution < 1.29 is 23.8 Å². The number of aryl methyl sites for hydroxylation is 2. The SMILES string of the molecule is COc1ccc(OC)c([C@@H]2CC(=O)N(c3cc(C)cc(C)c3)C3=C2C(=O)OC3)c1. The van der Waals surface area contributed by atoms with Crippen molar-refractivity contribution in [2.75, 3.05) is 25.7 Å². The standard InChI is InChI=1S/C23H23NO5/c1-13-7-14(2)9-15(8-13)24-19-12-29-23(26)22(19)18(11-21(24)25)17-10-16(27-3)5-6-20(17)28-4/h5-10,18H,11-12H2,1-4H3/t18-/m0/s1. The molecule has 0 aromatic heterocycles. The van der Waals surface area contributed by atoms with Crippen LogP contribution in [0.5, 0.6) is 11.5 Å². The van der Waals surface area contributed by atoms with Gasteiger partial charge in [-0.25, -0.2) is 4.79 Å². The molecule has 1 amide bonds. The van der Waals surface area contributed by atoms with Gasteiger partial charge in [0.15, 0.2) is 0 Å². The molecule has 4 rings (SSSR count). The number of esters is 1. The number of cyclic esters (lactones) is 1. The van der Waals surface area contributed by atoms with E-state index in [1.165, 1.54) is 0 Å². The lowest BCUT2D eigenvalue weighted by atomic mass is 9.83. The van der Waals surface area contributed by atoms with Gasteiger partial charge >= 0.3 is 5.97 Å². The Balaban J connectivity index is 1.87. The third-order valence-corrected chi connectivity index (χ3v) is 5.39. The summed E-state index contributed by atoms with van der Waals surface area (Å²) >= 11 is 0. The average molecular weight is 393 g/mol. The molecule has 6 heteroatoms. The van der Waals surface area contributed by atoms with E-state index in [-0.39, 0.29) is 18.9 Å². The Kier molecular flexibility index (Phi) is 4.78. The van der Waals surface area contributed by atoms with Crippen LogP contribution in [0, 0.1) is 13.8 Å². The predicted molar refractivity (Wildman–Crippen MR) is 108 cm³/mol. The highest BCUT2D eigenvalue weighted by atomic mass is 16.5. The van der Waals surface area contributed by atoms with Crippen LogP contribution in [-0.4, -0.2) is 32.7 Å². The molecule has 0 radical (unpaired) electrons. The van der Waals surface area contributed by atoms with Crippen LogP contribution in [0.4, 0.5) is 5.69 Å². The van der Waals surface area contributed by atoms with Gasteiger partial charge in [0.05, 0.1) is 25.5 Å². The Bertz CT molecular complexity index is 1020. The summed E-state index contributed by atoms with van der Waals surface area (Å²) in [6.07, 6.45) is 0.143. The first-order valence-corrected chi connectivity index (χ1v) is 9.46. The average Bonchev–Trinajstić information content (AvgIpc) is 3.07. The van der Waals surface area contributed by atoms with E-state index in [0.29, 0.717) is 22.8 Å². The minimum absolute atomic E-state index is 0.0790. The molecule has 150 valence electrons. The summed E-state index contributed by atoms with van der Waals surface area (Å²) in [5.41, 5.74) is 4.72. The van der Waals surface area contributed by atoms with Crippen molar-refractivity contribution in [2.24, 2.45) is 0 Å². The quantitative estimate of drug-likeness (QED) is 0.742. The van der Waals surface area contributed by atoms with Crippen LogP contribution in [0.1, 0.15) is 29.0 Å². The van der Waals surface area contributed by atoms with Gasteiger partial charge in [-0.15, -0.1) is 0 Å². The number of rotatable bonds is 4. The summed E-state index contributed by atoms with van der Waals surface area (Å²) in [6.45, 7) is 4.05. The minimum Gasteiger partial charge on any atom is -0.497 e. The Hall–Kier alpha value is -3.28. The van der Waals surface area contributed by atoms with E-state index < -0.39 is 11.9 Å². The zero-order chi connectivity index (χ0) is 20.7. The van der Waals surface area contributed by atoms with E-state index in [4.69, 9.17) is 14.2 Å². The zero-order valence-corrected chi connectivity index (χ0v) is 16.9. The van der Waals surface area contributed by atoms with E-state index in [0.717, 1.165) is 22.4 Å². The van der Waals surface area contributed by atoms with Crippen LogP contribution < -0.4 is 14.4 Å². The van der Waals surface area contributed by atoms with Crippen LogP contribution in [0.2, 0.25) is 0 Å². The van der Waals surface area contributed by atoms with E-state index in [1.807, 2.05) is 38.1 Å². The Morgan fingerprint density at radius 2 is 1.72 bits per heavy atom. The third-order valence-electron chi connectivity index (χ3n) is 5.39. The number of hydrogen-bond donors (Lipinski definition) is 0. The van der Waals surface area contributed by atoms with Gasteiger partial charge < -0.3 is 14.2 Å². The van der Waals surface area contributed by atoms with Crippen molar-refractivity contribution in [2.45, 2.75) is 26.2 Å². The first-order valence-electron chi connectivity index (χ1n) is 9.46. The van der Waals surface area contributed by atoms with Gasteiger partial charge in [-0.2, -0.15) is 0 Å². The molecule has 0 bridgehead atoms. The molecule has 2 aliphatic rings. The van der Waals surface area contributed by atoms with Gasteiger partial charge in [0.25, 0.3) is 0 Å². The maximum absolute atomic E-state index is 13.3. The second-order valence-electron chi connectivity index (χ2n) is 7.38. The van der Waals surface area contributed by atoms with Crippen LogP contribution in [0.15, 0.2) is 47.7 Å². The highest BCUT2D eigenvalue weighted by Gasteiger charge is 2.44. The molecular formula is C23H23NO5. The number of nitrogens with zero attached hydrogens (tertiary/aromatic N) is 1. The molecule has 0 saturated carbocycles. The van der Waals surface area contributed by atoms with Crippen molar-refractivity contribution >= 4 is 17.6 Å². The van der Waals surface area contributed by atoms with E-state index in [9.17, 15) is 9.59 Å². The molecule has 6 nitrogen and oxygen atoms in total. The van der Waals surface area contributed by atoms with Crippen molar-refractivity contribution in [3.05, 3.63) is 64.4 Å². The molecule has 29 heavy (non-hydrogen) atoms. The first-order chi connectivity index (χ1) is 13.9. The van der Waals surface area contributed by atoms with E-state index in [1.54, 1.807) is 31.3 Å². The number of methoxy groups -OCH3 is 2.